The number of methoxy groups -OCH3 is 1. The number of hydrogen-bond acceptors (Lipinski definition) is 8. The predicted octanol–water partition coefficient (Wildman–Crippen LogP) is 3.66. The Bertz CT molecular complexity index is 1610. The highest BCUT2D eigenvalue weighted by molar-refractivity contribution is 5.78. The number of nitrogens with zero attached hydrogens (tertiary/aromatic N) is 2. The molecule has 0 radical (unpaired) electrons. The maximum absolute atomic E-state index is 13.5. The van der Waals surface area contributed by atoms with Gasteiger partial charge in [0.15, 0.2) is 23.0 Å². The summed E-state index contributed by atoms with van der Waals surface area (Å²) in [6, 6.07) is 14.5. The molecule has 1 amide bonds. The van der Waals surface area contributed by atoms with E-state index in [0.717, 1.165) is 11.1 Å². The summed E-state index contributed by atoms with van der Waals surface area (Å²) in [5.41, 5.74) is 1.83. The fourth-order valence-electron chi connectivity index (χ4n) is 4.33. The predicted molar refractivity (Wildman–Crippen MR) is 149 cm³/mol. The number of phenols is 2. The molecule has 0 spiro atoms. The maximum atomic E-state index is 13.5. The average molecular weight is 546 g/mol. The Kier molecular flexibility index (Phi) is 8.58. The minimum absolute atomic E-state index is 0.0278. The highest BCUT2D eigenvalue weighted by Gasteiger charge is 2.27. The van der Waals surface area contributed by atoms with Gasteiger partial charge in [-0.2, -0.15) is 4.98 Å². The standard InChI is InChI=1S/C30H31N3O7/c1-18(2)17-40-24-10-8-20(15-25(24)39-3)21(28-29(37)32-26-6-4-5-13-33(26)30(28)38)16-27(36)31-12-11-19-7-9-22(34)23(35)14-19/h4-10,13-15,21,34-35,37H,1,11-12,16-17H2,2-3H3,(H,31,36)/t21-/m0/s1. The van der Waals surface area contributed by atoms with Crippen molar-refractivity contribution in [1.82, 2.24) is 14.7 Å². The number of phenolic OH excluding ortho intramolecular Hbond substituents is 2. The van der Waals surface area contributed by atoms with Crippen molar-refractivity contribution in [3.05, 3.63) is 100.0 Å². The summed E-state index contributed by atoms with van der Waals surface area (Å²) >= 11 is 0. The fraction of sp³-hybridized carbons (Fsp3) is 0.233. The van der Waals surface area contributed by atoms with Gasteiger partial charge in [0, 0.05) is 25.1 Å². The maximum Gasteiger partial charge on any atom is 0.265 e. The summed E-state index contributed by atoms with van der Waals surface area (Å²) in [6.07, 6.45) is 1.78. The number of aromatic hydroxyl groups is 3. The molecule has 4 rings (SSSR count). The van der Waals surface area contributed by atoms with E-state index >= 15 is 0 Å². The number of fused-ring (bicyclic) bond motifs is 1. The van der Waals surface area contributed by atoms with Gasteiger partial charge in [0.05, 0.1) is 12.7 Å². The number of carbonyl (C=O) groups is 1. The SMILES string of the molecule is C=C(C)COc1ccc([C@H](CC(=O)NCCc2ccc(O)c(O)c2)c2c(O)nc3ccccn3c2=O)cc1OC. The van der Waals surface area contributed by atoms with Gasteiger partial charge in [0.25, 0.3) is 5.56 Å². The molecule has 40 heavy (non-hydrogen) atoms. The van der Waals surface area contributed by atoms with E-state index in [0.29, 0.717) is 23.5 Å². The first kappa shape index (κ1) is 28.0. The first-order valence-electron chi connectivity index (χ1n) is 12.6. The van der Waals surface area contributed by atoms with Crippen molar-refractivity contribution in [3.63, 3.8) is 0 Å². The number of carbonyl (C=O) groups excluding carboxylic acids is 1. The molecule has 2 aromatic carbocycles. The van der Waals surface area contributed by atoms with Crippen molar-refractivity contribution in [2.24, 2.45) is 0 Å². The van der Waals surface area contributed by atoms with Crippen LogP contribution in [0.5, 0.6) is 28.9 Å². The van der Waals surface area contributed by atoms with Crippen molar-refractivity contribution >= 4 is 11.6 Å². The van der Waals surface area contributed by atoms with Crippen LogP contribution in [0.25, 0.3) is 5.65 Å². The number of nitrogens with one attached hydrogen (secondary N) is 1. The van der Waals surface area contributed by atoms with Crippen LogP contribution >= 0.6 is 0 Å². The first-order chi connectivity index (χ1) is 19.2. The second kappa shape index (κ2) is 12.2. The van der Waals surface area contributed by atoms with Crippen LogP contribution in [0.2, 0.25) is 0 Å². The molecule has 2 heterocycles. The molecule has 0 saturated heterocycles. The number of hydrogen-bond donors (Lipinski definition) is 4. The minimum atomic E-state index is -0.862. The lowest BCUT2D eigenvalue weighted by Gasteiger charge is -2.20. The first-order valence-corrected chi connectivity index (χ1v) is 12.6. The summed E-state index contributed by atoms with van der Waals surface area (Å²) in [7, 11) is 1.49. The number of pyridine rings is 1. The summed E-state index contributed by atoms with van der Waals surface area (Å²) in [6.45, 7) is 6.20. The third kappa shape index (κ3) is 6.35. The summed E-state index contributed by atoms with van der Waals surface area (Å²) in [4.78, 5) is 30.8. The zero-order valence-corrected chi connectivity index (χ0v) is 22.3. The molecule has 10 heteroatoms. The molecule has 0 unspecified atom stereocenters. The van der Waals surface area contributed by atoms with E-state index in [-0.39, 0.29) is 48.2 Å². The number of rotatable bonds is 11. The van der Waals surface area contributed by atoms with Crippen molar-refractivity contribution in [2.45, 2.75) is 25.7 Å². The molecule has 0 aliphatic rings. The second-order valence-electron chi connectivity index (χ2n) is 9.42. The lowest BCUT2D eigenvalue weighted by Crippen LogP contribution is -2.30. The van der Waals surface area contributed by atoms with Gasteiger partial charge in [-0.05, 0) is 66.4 Å². The molecule has 2 aromatic heterocycles. The van der Waals surface area contributed by atoms with Crippen molar-refractivity contribution in [2.75, 3.05) is 20.3 Å². The monoisotopic (exact) mass is 545 g/mol. The lowest BCUT2D eigenvalue weighted by molar-refractivity contribution is -0.121. The minimum Gasteiger partial charge on any atom is -0.504 e. The molecule has 0 fully saturated rings. The molecule has 0 saturated carbocycles. The highest BCUT2D eigenvalue weighted by Crippen LogP contribution is 2.36. The van der Waals surface area contributed by atoms with E-state index in [2.05, 4.69) is 16.9 Å². The Morgan fingerprint density at radius 2 is 1.88 bits per heavy atom. The van der Waals surface area contributed by atoms with E-state index in [4.69, 9.17) is 9.47 Å². The summed E-state index contributed by atoms with van der Waals surface area (Å²) in [5, 5.41) is 32.9. The van der Waals surface area contributed by atoms with Crippen LogP contribution in [0.4, 0.5) is 0 Å². The molecular formula is C30H31N3O7. The van der Waals surface area contributed by atoms with Crippen LogP contribution in [0.3, 0.4) is 0 Å². The van der Waals surface area contributed by atoms with Crippen LogP contribution in [0.1, 0.15) is 36.0 Å². The quantitative estimate of drug-likeness (QED) is 0.165. The third-order valence-electron chi connectivity index (χ3n) is 6.33. The summed E-state index contributed by atoms with van der Waals surface area (Å²) in [5.74, 6) is -1.30. The van der Waals surface area contributed by atoms with E-state index in [1.807, 2.05) is 6.92 Å². The van der Waals surface area contributed by atoms with Crippen LogP contribution in [0.15, 0.2) is 77.7 Å². The Labute approximate surface area is 230 Å². The zero-order chi connectivity index (χ0) is 28.8. The molecule has 0 aliphatic carbocycles. The molecule has 1 atom stereocenters. The van der Waals surface area contributed by atoms with E-state index in [1.54, 1.807) is 48.7 Å². The summed E-state index contributed by atoms with van der Waals surface area (Å²) < 4.78 is 12.6. The van der Waals surface area contributed by atoms with Gasteiger partial charge >= 0.3 is 0 Å². The van der Waals surface area contributed by atoms with Gasteiger partial charge in [-0.15, -0.1) is 0 Å². The largest absolute Gasteiger partial charge is 0.504 e. The smallest absolute Gasteiger partial charge is 0.265 e. The van der Waals surface area contributed by atoms with Gasteiger partial charge in [0.1, 0.15) is 12.3 Å². The molecule has 0 bridgehead atoms. The van der Waals surface area contributed by atoms with Gasteiger partial charge in [-0.3, -0.25) is 14.0 Å². The molecule has 0 aliphatic heterocycles. The van der Waals surface area contributed by atoms with E-state index in [9.17, 15) is 24.9 Å². The van der Waals surface area contributed by atoms with Gasteiger partial charge in [-0.25, -0.2) is 0 Å². The number of aromatic nitrogens is 2. The number of ether oxygens (including phenoxy) is 2. The van der Waals surface area contributed by atoms with Crippen LogP contribution in [0, 0.1) is 0 Å². The molecular weight excluding hydrogens is 514 g/mol. The molecule has 4 aromatic rings. The van der Waals surface area contributed by atoms with Gasteiger partial charge in [0.2, 0.25) is 11.8 Å². The topological polar surface area (TPSA) is 143 Å². The van der Waals surface area contributed by atoms with E-state index < -0.39 is 17.4 Å². The number of benzene rings is 2. The van der Waals surface area contributed by atoms with Gasteiger partial charge < -0.3 is 30.1 Å². The third-order valence-corrected chi connectivity index (χ3v) is 6.33. The van der Waals surface area contributed by atoms with Crippen molar-refractivity contribution in [3.8, 4) is 28.9 Å². The van der Waals surface area contributed by atoms with Crippen LogP contribution in [-0.2, 0) is 11.2 Å². The average Bonchev–Trinajstić information content (AvgIpc) is 2.93. The Hall–Kier alpha value is -4.99. The fourth-order valence-corrected chi connectivity index (χ4v) is 4.33. The van der Waals surface area contributed by atoms with E-state index in [1.165, 1.54) is 23.6 Å². The van der Waals surface area contributed by atoms with Crippen LogP contribution < -0.4 is 20.3 Å². The zero-order valence-electron chi connectivity index (χ0n) is 22.3. The molecule has 208 valence electrons. The normalized spacial score (nSPS) is 11.7. The Balaban J connectivity index is 1.66. The molecule has 4 N–H and O–H groups in total. The van der Waals surface area contributed by atoms with Crippen LogP contribution in [-0.4, -0.2) is 50.9 Å². The van der Waals surface area contributed by atoms with Gasteiger partial charge in [-0.1, -0.05) is 24.8 Å². The lowest BCUT2D eigenvalue weighted by atomic mass is 9.88. The van der Waals surface area contributed by atoms with Crippen molar-refractivity contribution < 1.29 is 29.6 Å². The number of amides is 1. The highest BCUT2D eigenvalue weighted by atomic mass is 16.5. The Morgan fingerprint density at radius 1 is 1.07 bits per heavy atom. The van der Waals surface area contributed by atoms with Crippen molar-refractivity contribution in [1.29, 1.82) is 0 Å². The second-order valence-corrected chi connectivity index (χ2v) is 9.42. The Morgan fingerprint density at radius 3 is 2.60 bits per heavy atom. The molecule has 10 nitrogen and oxygen atoms in total.